The molecule has 0 saturated carbocycles. The van der Waals surface area contributed by atoms with Gasteiger partial charge in [-0.2, -0.15) is 0 Å². The summed E-state index contributed by atoms with van der Waals surface area (Å²) < 4.78 is 16.8. The predicted molar refractivity (Wildman–Crippen MR) is 298 cm³/mol. The highest BCUT2D eigenvalue weighted by molar-refractivity contribution is 5.71. The van der Waals surface area contributed by atoms with E-state index < -0.39 is 6.10 Å². The van der Waals surface area contributed by atoms with Gasteiger partial charge in [0.2, 0.25) is 0 Å². The van der Waals surface area contributed by atoms with E-state index in [2.05, 4.69) is 87.6 Å². The summed E-state index contributed by atoms with van der Waals surface area (Å²) in [6.07, 6.45) is 73.4. The molecule has 0 rings (SSSR count). The summed E-state index contributed by atoms with van der Waals surface area (Å²) in [5, 5.41) is 0. The second kappa shape index (κ2) is 57.4. The van der Waals surface area contributed by atoms with Crippen molar-refractivity contribution in [3.05, 3.63) is 72.9 Å². The van der Waals surface area contributed by atoms with E-state index in [1.54, 1.807) is 0 Å². The average Bonchev–Trinajstić information content (AvgIpc) is 3.35. The Kier molecular flexibility index (Phi) is 54.8. The van der Waals surface area contributed by atoms with Crippen molar-refractivity contribution in [1.29, 1.82) is 0 Å². The van der Waals surface area contributed by atoms with Crippen molar-refractivity contribution in [3.63, 3.8) is 0 Å². The third-order valence-electron chi connectivity index (χ3n) is 12.7. The number of hydrogen-bond donors (Lipinski definition) is 0. The van der Waals surface area contributed by atoms with Gasteiger partial charge in [0.1, 0.15) is 13.2 Å². The van der Waals surface area contributed by atoms with Crippen LogP contribution in [0.4, 0.5) is 0 Å². The zero-order chi connectivity index (χ0) is 50.0. The number of rotatable bonds is 53. The van der Waals surface area contributed by atoms with Crippen LogP contribution in [-0.4, -0.2) is 37.2 Å². The van der Waals surface area contributed by atoms with Gasteiger partial charge in [-0.3, -0.25) is 14.4 Å². The SMILES string of the molecule is CC/C=C\C/C=C\C/C=C\C/C=C\CCC(=O)OCC(COC(=O)CCCCCCCCCCC/C=C\CCCCCCCCCC)OC(=O)CCCCCCCCC/C=C\CCCCCCCC. The summed E-state index contributed by atoms with van der Waals surface area (Å²) in [4.78, 5) is 38.1. The summed E-state index contributed by atoms with van der Waals surface area (Å²) in [5.74, 6) is -0.982. The molecular formula is C63H110O6. The fourth-order valence-electron chi connectivity index (χ4n) is 8.27. The van der Waals surface area contributed by atoms with Crippen LogP contribution in [0, 0.1) is 0 Å². The minimum absolute atomic E-state index is 0.0992. The number of carbonyl (C=O) groups is 3. The maximum absolute atomic E-state index is 12.9. The highest BCUT2D eigenvalue weighted by atomic mass is 16.6. The number of carbonyl (C=O) groups excluding carboxylic acids is 3. The van der Waals surface area contributed by atoms with Crippen LogP contribution in [0.1, 0.15) is 290 Å². The second-order valence-corrected chi connectivity index (χ2v) is 19.5. The predicted octanol–water partition coefficient (Wildman–Crippen LogP) is 19.8. The molecule has 0 aliphatic carbocycles. The van der Waals surface area contributed by atoms with Crippen LogP contribution in [0.3, 0.4) is 0 Å². The summed E-state index contributed by atoms with van der Waals surface area (Å²) in [5.41, 5.74) is 0. The van der Waals surface area contributed by atoms with Crippen molar-refractivity contribution in [1.82, 2.24) is 0 Å². The summed E-state index contributed by atoms with van der Waals surface area (Å²) in [7, 11) is 0. The van der Waals surface area contributed by atoms with Crippen LogP contribution in [0.25, 0.3) is 0 Å². The molecule has 0 radical (unpaired) electrons. The van der Waals surface area contributed by atoms with Gasteiger partial charge in [0.15, 0.2) is 6.10 Å². The molecule has 0 aromatic rings. The van der Waals surface area contributed by atoms with E-state index in [0.717, 1.165) is 64.2 Å². The minimum atomic E-state index is -0.807. The molecule has 0 aliphatic rings. The molecule has 0 N–H and O–H groups in total. The van der Waals surface area contributed by atoms with Crippen LogP contribution < -0.4 is 0 Å². The molecule has 0 amide bonds. The molecule has 0 aromatic heterocycles. The molecule has 0 aromatic carbocycles. The molecule has 0 heterocycles. The molecular weight excluding hydrogens is 853 g/mol. The number of esters is 3. The van der Waals surface area contributed by atoms with E-state index in [9.17, 15) is 14.4 Å². The van der Waals surface area contributed by atoms with Crippen LogP contribution in [0.15, 0.2) is 72.9 Å². The first kappa shape index (κ1) is 65.8. The number of unbranched alkanes of at least 4 members (excludes halogenated alkanes) is 30. The number of hydrogen-bond acceptors (Lipinski definition) is 6. The molecule has 69 heavy (non-hydrogen) atoms. The average molecular weight is 964 g/mol. The van der Waals surface area contributed by atoms with Crippen molar-refractivity contribution < 1.29 is 28.6 Å². The van der Waals surface area contributed by atoms with Crippen LogP contribution in [0.2, 0.25) is 0 Å². The van der Waals surface area contributed by atoms with Crippen LogP contribution in [-0.2, 0) is 28.6 Å². The highest BCUT2D eigenvalue weighted by Gasteiger charge is 2.19. The van der Waals surface area contributed by atoms with E-state index in [1.165, 1.54) is 180 Å². The van der Waals surface area contributed by atoms with Gasteiger partial charge in [-0.25, -0.2) is 0 Å². The van der Waals surface area contributed by atoms with Gasteiger partial charge in [-0.1, -0.05) is 248 Å². The Balaban J connectivity index is 4.39. The lowest BCUT2D eigenvalue weighted by Gasteiger charge is -2.18. The van der Waals surface area contributed by atoms with Crippen molar-refractivity contribution in [2.45, 2.75) is 297 Å². The first-order chi connectivity index (χ1) is 34.0. The monoisotopic (exact) mass is 963 g/mol. The van der Waals surface area contributed by atoms with Crippen molar-refractivity contribution >= 4 is 17.9 Å². The Morgan fingerprint density at radius 2 is 0.594 bits per heavy atom. The van der Waals surface area contributed by atoms with Crippen LogP contribution >= 0.6 is 0 Å². The molecule has 0 aliphatic heterocycles. The molecule has 6 nitrogen and oxygen atoms in total. The minimum Gasteiger partial charge on any atom is -0.462 e. The Morgan fingerprint density at radius 1 is 0.304 bits per heavy atom. The van der Waals surface area contributed by atoms with Gasteiger partial charge in [-0.05, 0) is 96.3 Å². The summed E-state index contributed by atoms with van der Waals surface area (Å²) in [6, 6.07) is 0. The molecule has 6 heteroatoms. The Bertz CT molecular complexity index is 1290. The topological polar surface area (TPSA) is 78.9 Å². The normalized spacial score (nSPS) is 12.6. The van der Waals surface area contributed by atoms with Gasteiger partial charge >= 0.3 is 17.9 Å². The van der Waals surface area contributed by atoms with Gasteiger partial charge in [0.25, 0.3) is 0 Å². The van der Waals surface area contributed by atoms with Gasteiger partial charge in [-0.15, -0.1) is 0 Å². The fourth-order valence-corrected chi connectivity index (χ4v) is 8.27. The third-order valence-corrected chi connectivity index (χ3v) is 12.7. The lowest BCUT2D eigenvalue weighted by Crippen LogP contribution is -2.30. The maximum atomic E-state index is 12.9. The maximum Gasteiger partial charge on any atom is 0.306 e. The van der Waals surface area contributed by atoms with Crippen molar-refractivity contribution in [2.75, 3.05) is 13.2 Å². The van der Waals surface area contributed by atoms with Crippen molar-refractivity contribution in [3.8, 4) is 0 Å². The highest BCUT2D eigenvalue weighted by Crippen LogP contribution is 2.15. The quantitative estimate of drug-likeness (QED) is 0.0262. The zero-order valence-corrected chi connectivity index (χ0v) is 45.6. The van der Waals surface area contributed by atoms with Crippen molar-refractivity contribution in [2.24, 2.45) is 0 Å². The van der Waals surface area contributed by atoms with Crippen LogP contribution in [0.5, 0.6) is 0 Å². The van der Waals surface area contributed by atoms with E-state index >= 15 is 0 Å². The smallest absolute Gasteiger partial charge is 0.306 e. The fraction of sp³-hybridized carbons (Fsp3) is 0.762. The summed E-state index contributed by atoms with van der Waals surface area (Å²) >= 11 is 0. The molecule has 0 saturated heterocycles. The summed E-state index contributed by atoms with van der Waals surface area (Å²) in [6.45, 7) is 6.47. The van der Waals surface area contributed by atoms with E-state index in [0.29, 0.717) is 19.3 Å². The molecule has 398 valence electrons. The number of ether oxygens (including phenoxy) is 3. The first-order valence-corrected chi connectivity index (χ1v) is 29.4. The van der Waals surface area contributed by atoms with E-state index in [4.69, 9.17) is 14.2 Å². The second-order valence-electron chi connectivity index (χ2n) is 19.5. The Morgan fingerprint density at radius 3 is 0.971 bits per heavy atom. The van der Waals surface area contributed by atoms with E-state index in [1.807, 2.05) is 6.08 Å². The molecule has 1 unspecified atom stereocenters. The molecule has 0 bridgehead atoms. The zero-order valence-electron chi connectivity index (χ0n) is 45.6. The molecule has 1 atom stereocenters. The Hall–Kier alpha value is -3.15. The van der Waals surface area contributed by atoms with Gasteiger partial charge < -0.3 is 14.2 Å². The van der Waals surface area contributed by atoms with Gasteiger partial charge in [0.05, 0.1) is 0 Å². The lowest BCUT2D eigenvalue weighted by molar-refractivity contribution is -0.166. The van der Waals surface area contributed by atoms with E-state index in [-0.39, 0.29) is 37.5 Å². The molecule has 0 spiro atoms. The largest absolute Gasteiger partial charge is 0.462 e. The third kappa shape index (κ3) is 55.6. The first-order valence-electron chi connectivity index (χ1n) is 29.4. The number of allylic oxidation sites excluding steroid dienone is 12. The lowest BCUT2D eigenvalue weighted by atomic mass is 10.1. The standard InChI is InChI=1S/C63H110O6/c1-4-7-10-13-16-19-22-25-27-29-30-31-32-34-35-38-41-44-47-50-53-56-62(65)68-59-60(58-67-61(64)55-52-49-46-43-40-37-24-21-18-15-12-9-6-3)69-63(66)57-54-51-48-45-42-39-36-33-28-26-23-20-17-14-11-8-5-2/h9,12,18,21,26,28-30,37,40,46,49,60H,4-8,10-11,13-17,19-20,22-25,27,31-36,38-39,41-45,47-48,50-59H2,1-3H3/b12-9-,21-18-,28-26-,30-29-,40-37-,49-46-. The Labute approximate surface area is 427 Å². The van der Waals surface area contributed by atoms with Gasteiger partial charge in [0, 0.05) is 19.3 Å². The molecule has 0 fully saturated rings.